The highest BCUT2D eigenvalue weighted by Crippen LogP contribution is 2.49. The van der Waals surface area contributed by atoms with Crippen molar-refractivity contribution in [3.05, 3.63) is 70.4 Å². The maximum Gasteiger partial charge on any atom is 0.334 e. The molecule has 0 aliphatic rings. The van der Waals surface area contributed by atoms with E-state index in [4.69, 9.17) is 13.5 Å². The second-order valence-electron chi connectivity index (χ2n) is 5.31. The lowest BCUT2D eigenvalue weighted by atomic mass is 10.1. The van der Waals surface area contributed by atoms with Crippen molar-refractivity contribution in [2.24, 2.45) is 0 Å². The van der Waals surface area contributed by atoms with Crippen LogP contribution >= 0.6 is 7.60 Å². The number of rotatable bonds is 5. The predicted octanol–water partition coefficient (Wildman–Crippen LogP) is 4.45. The van der Waals surface area contributed by atoms with E-state index in [1.165, 1.54) is 20.3 Å². The lowest BCUT2D eigenvalue weighted by Crippen LogP contribution is -2.02. The molecule has 1 heterocycles. The molecule has 0 amide bonds. The molecule has 0 fully saturated rings. The van der Waals surface area contributed by atoms with Crippen molar-refractivity contribution in [1.29, 1.82) is 0 Å². The van der Waals surface area contributed by atoms with Gasteiger partial charge in [0.25, 0.3) is 0 Å². The van der Waals surface area contributed by atoms with E-state index in [1.54, 1.807) is 18.2 Å². The third kappa shape index (κ3) is 3.34. The molecule has 3 aromatic rings. The van der Waals surface area contributed by atoms with Gasteiger partial charge in [-0.15, -0.1) is 0 Å². The van der Waals surface area contributed by atoms with E-state index in [0.29, 0.717) is 22.3 Å². The summed E-state index contributed by atoms with van der Waals surface area (Å²) in [6, 6.07) is 16.0. The molecule has 0 atom stereocenters. The van der Waals surface area contributed by atoms with Crippen molar-refractivity contribution < 1.29 is 18.0 Å². The quantitative estimate of drug-likeness (QED) is 0.640. The largest absolute Gasteiger partial charge is 0.456 e. The van der Waals surface area contributed by atoms with Gasteiger partial charge in [-0.05, 0) is 17.7 Å². The van der Waals surface area contributed by atoms with Crippen LogP contribution in [0.15, 0.2) is 63.8 Å². The van der Waals surface area contributed by atoms with Gasteiger partial charge in [-0.25, -0.2) is 0 Å². The first-order valence-electron chi connectivity index (χ1n) is 7.37. The highest BCUT2D eigenvalue weighted by molar-refractivity contribution is 7.52. The van der Waals surface area contributed by atoms with Gasteiger partial charge in [0, 0.05) is 25.8 Å². The van der Waals surface area contributed by atoms with E-state index in [0.717, 1.165) is 5.56 Å². The van der Waals surface area contributed by atoms with Gasteiger partial charge in [-0.3, -0.25) is 9.36 Å². The summed E-state index contributed by atoms with van der Waals surface area (Å²) in [4.78, 5) is 12.4. The Labute approximate surface area is 139 Å². The van der Waals surface area contributed by atoms with Gasteiger partial charge in [0.1, 0.15) is 11.3 Å². The third-order valence-electron chi connectivity index (χ3n) is 3.78. The van der Waals surface area contributed by atoms with E-state index in [9.17, 15) is 9.36 Å². The SMILES string of the molecule is COP(=O)(Cc1ccc2oc(-c3ccccc3)cc(=O)c2c1)OC. The third-order valence-corrected chi connectivity index (χ3v) is 5.65. The number of hydrogen-bond donors (Lipinski definition) is 0. The molecule has 0 spiro atoms. The van der Waals surface area contributed by atoms with Crippen LogP contribution in [0.1, 0.15) is 5.56 Å². The van der Waals surface area contributed by atoms with Crippen molar-refractivity contribution in [3.8, 4) is 11.3 Å². The van der Waals surface area contributed by atoms with Gasteiger partial charge in [0.15, 0.2) is 5.43 Å². The molecule has 0 radical (unpaired) electrons. The summed E-state index contributed by atoms with van der Waals surface area (Å²) in [7, 11) is -0.508. The van der Waals surface area contributed by atoms with Crippen LogP contribution < -0.4 is 5.43 Å². The number of fused-ring (bicyclic) bond motifs is 1. The zero-order valence-corrected chi connectivity index (χ0v) is 14.3. The summed E-state index contributed by atoms with van der Waals surface area (Å²) in [5.74, 6) is 0.514. The zero-order valence-electron chi connectivity index (χ0n) is 13.4. The summed E-state index contributed by atoms with van der Waals surface area (Å²) in [5, 5.41) is 0.436. The minimum absolute atomic E-state index is 0.0931. The molecule has 1 aromatic heterocycles. The molecule has 2 aromatic carbocycles. The average Bonchev–Trinajstić information content (AvgIpc) is 2.62. The first-order valence-corrected chi connectivity index (χ1v) is 9.10. The van der Waals surface area contributed by atoms with Crippen LogP contribution in [0.25, 0.3) is 22.3 Å². The molecule has 0 N–H and O–H groups in total. The lowest BCUT2D eigenvalue weighted by molar-refractivity contribution is 0.275. The molecule has 0 saturated heterocycles. The summed E-state index contributed by atoms with van der Waals surface area (Å²) >= 11 is 0. The van der Waals surface area contributed by atoms with E-state index < -0.39 is 7.60 Å². The fourth-order valence-corrected chi connectivity index (χ4v) is 3.52. The molecule has 0 unspecified atom stereocenters. The highest BCUT2D eigenvalue weighted by atomic mass is 31.2. The predicted molar refractivity (Wildman–Crippen MR) is 93.2 cm³/mol. The molecule has 24 heavy (non-hydrogen) atoms. The summed E-state index contributed by atoms with van der Waals surface area (Å²) in [6.07, 6.45) is 0.0931. The second kappa shape index (κ2) is 6.73. The Morgan fingerprint density at radius 1 is 1.00 bits per heavy atom. The second-order valence-corrected chi connectivity index (χ2v) is 7.57. The van der Waals surface area contributed by atoms with Crippen molar-refractivity contribution in [3.63, 3.8) is 0 Å². The smallest absolute Gasteiger partial charge is 0.334 e. The standard InChI is InChI=1S/C18H17O5P/c1-21-24(20,22-2)12-13-8-9-17-15(10-13)16(19)11-18(23-17)14-6-4-3-5-7-14/h3-11H,12H2,1-2H3. The molecule has 0 aliphatic heterocycles. The van der Waals surface area contributed by atoms with Gasteiger partial charge >= 0.3 is 7.60 Å². The monoisotopic (exact) mass is 344 g/mol. The fourth-order valence-electron chi connectivity index (χ4n) is 2.47. The minimum atomic E-state index is -3.19. The molecule has 3 rings (SSSR count). The highest BCUT2D eigenvalue weighted by Gasteiger charge is 2.22. The van der Waals surface area contributed by atoms with Gasteiger partial charge in [-0.1, -0.05) is 36.4 Å². The molecule has 0 bridgehead atoms. The molecular formula is C18H17O5P. The Kier molecular flexibility index (Phi) is 4.67. The Hall–Kier alpha value is -2.20. The normalized spacial score (nSPS) is 11.8. The maximum atomic E-state index is 12.4. The van der Waals surface area contributed by atoms with Gasteiger partial charge in [0.05, 0.1) is 11.5 Å². The van der Waals surface area contributed by atoms with E-state index in [1.807, 2.05) is 30.3 Å². The van der Waals surface area contributed by atoms with Crippen LogP contribution in [0.2, 0.25) is 0 Å². The molecule has 0 aliphatic carbocycles. The fraction of sp³-hybridized carbons (Fsp3) is 0.167. The lowest BCUT2D eigenvalue weighted by Gasteiger charge is -2.13. The maximum absolute atomic E-state index is 12.4. The van der Waals surface area contributed by atoms with Crippen LogP contribution in [0.5, 0.6) is 0 Å². The van der Waals surface area contributed by atoms with E-state index >= 15 is 0 Å². The van der Waals surface area contributed by atoms with Gasteiger partial charge in [-0.2, -0.15) is 0 Å². The van der Waals surface area contributed by atoms with Crippen molar-refractivity contribution in [2.75, 3.05) is 14.2 Å². The Morgan fingerprint density at radius 2 is 1.71 bits per heavy atom. The van der Waals surface area contributed by atoms with Crippen LogP contribution in [0.3, 0.4) is 0 Å². The Balaban J connectivity index is 2.05. The Morgan fingerprint density at radius 3 is 2.38 bits per heavy atom. The van der Waals surface area contributed by atoms with Crippen molar-refractivity contribution in [2.45, 2.75) is 6.16 Å². The van der Waals surface area contributed by atoms with Crippen molar-refractivity contribution in [1.82, 2.24) is 0 Å². The zero-order chi connectivity index (χ0) is 17.2. The van der Waals surface area contributed by atoms with Crippen LogP contribution in [-0.4, -0.2) is 14.2 Å². The number of hydrogen-bond acceptors (Lipinski definition) is 5. The van der Waals surface area contributed by atoms with Crippen LogP contribution in [-0.2, 0) is 19.8 Å². The molecule has 0 saturated carbocycles. The minimum Gasteiger partial charge on any atom is -0.456 e. The summed E-state index contributed by atoms with van der Waals surface area (Å²) < 4.78 is 28.0. The molecule has 6 heteroatoms. The average molecular weight is 344 g/mol. The van der Waals surface area contributed by atoms with E-state index in [-0.39, 0.29) is 11.6 Å². The van der Waals surface area contributed by atoms with Crippen molar-refractivity contribution >= 4 is 18.6 Å². The first-order chi connectivity index (χ1) is 11.5. The molecular weight excluding hydrogens is 327 g/mol. The molecule has 5 nitrogen and oxygen atoms in total. The van der Waals surface area contributed by atoms with Gasteiger partial charge < -0.3 is 13.5 Å². The topological polar surface area (TPSA) is 65.7 Å². The summed E-state index contributed by atoms with van der Waals surface area (Å²) in [6.45, 7) is 0. The summed E-state index contributed by atoms with van der Waals surface area (Å²) in [5.41, 5.74) is 1.86. The first kappa shape index (κ1) is 16.7. The van der Waals surface area contributed by atoms with Crippen LogP contribution in [0, 0.1) is 0 Å². The van der Waals surface area contributed by atoms with Gasteiger partial charge in [0.2, 0.25) is 0 Å². The number of benzene rings is 2. The van der Waals surface area contributed by atoms with E-state index in [2.05, 4.69) is 0 Å². The Bertz CT molecular complexity index is 954. The van der Waals surface area contributed by atoms with Crippen LogP contribution in [0.4, 0.5) is 0 Å². The molecule has 124 valence electrons.